The molecular weight excluding hydrogens is 178 g/mol. The van der Waals surface area contributed by atoms with Crippen LogP contribution in [0, 0.1) is 0 Å². The van der Waals surface area contributed by atoms with Crippen molar-refractivity contribution in [2.45, 2.75) is 36.6 Å². The fraction of sp³-hybridized carbons (Fsp3) is 0.455. The van der Waals surface area contributed by atoms with Gasteiger partial charge >= 0.3 is 0 Å². The van der Waals surface area contributed by atoms with Crippen LogP contribution in [0.5, 0.6) is 0 Å². The second-order valence-electron chi connectivity index (χ2n) is 4.03. The minimum absolute atomic E-state index is 0.112. The largest absolute Gasteiger partial charge is 0.296 e. The van der Waals surface area contributed by atoms with E-state index in [4.69, 9.17) is 0 Å². The van der Waals surface area contributed by atoms with Crippen LogP contribution >= 0.6 is 11.8 Å². The zero-order valence-electron chi connectivity index (χ0n) is 8.29. The van der Waals surface area contributed by atoms with E-state index in [1.54, 1.807) is 0 Å². The molecule has 13 heavy (non-hydrogen) atoms. The molecule has 0 aromatic heterocycles. The second-order valence-corrected chi connectivity index (χ2v) is 5.41. The minimum Gasteiger partial charge on any atom is -0.296 e. The summed E-state index contributed by atoms with van der Waals surface area (Å²) in [5.41, 5.74) is 1.53. The standard InChI is InChI=1S/C11H15NS/c1-8-12-11(2,3)9-6-4-5-7-10(9)13-8/h4-8,12H,1-3H3. The van der Waals surface area contributed by atoms with Gasteiger partial charge in [0.1, 0.15) is 0 Å². The summed E-state index contributed by atoms with van der Waals surface area (Å²) in [7, 11) is 0. The molecule has 1 heterocycles. The lowest BCUT2D eigenvalue weighted by molar-refractivity contribution is 0.386. The monoisotopic (exact) mass is 193 g/mol. The number of fused-ring (bicyclic) bond motifs is 1. The summed E-state index contributed by atoms with van der Waals surface area (Å²) < 4.78 is 0. The first-order valence-corrected chi connectivity index (χ1v) is 5.51. The highest BCUT2D eigenvalue weighted by atomic mass is 32.2. The van der Waals surface area contributed by atoms with Crippen LogP contribution in [-0.4, -0.2) is 5.37 Å². The molecule has 1 aliphatic heterocycles. The first kappa shape index (κ1) is 9.10. The van der Waals surface area contributed by atoms with E-state index in [2.05, 4.69) is 50.4 Å². The molecule has 0 amide bonds. The third-order valence-electron chi connectivity index (χ3n) is 2.43. The number of thioether (sulfide) groups is 1. The fourth-order valence-electron chi connectivity index (χ4n) is 1.89. The van der Waals surface area contributed by atoms with E-state index < -0.39 is 0 Å². The van der Waals surface area contributed by atoms with E-state index in [-0.39, 0.29) is 5.54 Å². The third-order valence-corrected chi connectivity index (χ3v) is 3.51. The zero-order valence-corrected chi connectivity index (χ0v) is 9.11. The Morgan fingerprint density at radius 2 is 2.00 bits per heavy atom. The molecule has 1 aromatic rings. The van der Waals surface area contributed by atoms with Crippen molar-refractivity contribution in [1.82, 2.24) is 5.32 Å². The second kappa shape index (κ2) is 3.03. The molecule has 0 fully saturated rings. The molecule has 0 spiro atoms. The molecule has 2 heteroatoms. The van der Waals surface area contributed by atoms with Gasteiger partial charge in [0.05, 0.1) is 5.37 Å². The molecule has 0 saturated heterocycles. The van der Waals surface area contributed by atoms with E-state index in [0.717, 1.165) is 0 Å². The van der Waals surface area contributed by atoms with Crippen LogP contribution in [0.2, 0.25) is 0 Å². The summed E-state index contributed by atoms with van der Waals surface area (Å²) in [5.74, 6) is 0. The van der Waals surface area contributed by atoms with Gasteiger partial charge in [0.25, 0.3) is 0 Å². The molecule has 1 nitrogen and oxygen atoms in total. The predicted molar refractivity (Wildman–Crippen MR) is 57.9 cm³/mol. The highest BCUT2D eigenvalue weighted by molar-refractivity contribution is 8.00. The van der Waals surface area contributed by atoms with Crippen LogP contribution in [0.25, 0.3) is 0 Å². The van der Waals surface area contributed by atoms with Gasteiger partial charge < -0.3 is 0 Å². The zero-order chi connectivity index (χ0) is 9.47. The average molecular weight is 193 g/mol. The molecule has 0 bridgehead atoms. The van der Waals surface area contributed by atoms with Crippen LogP contribution in [0.1, 0.15) is 26.3 Å². The highest BCUT2D eigenvalue weighted by Gasteiger charge is 2.29. The molecule has 1 atom stereocenters. The minimum atomic E-state index is 0.112. The Balaban J connectivity index is 2.50. The van der Waals surface area contributed by atoms with Crippen LogP contribution in [0.3, 0.4) is 0 Å². The van der Waals surface area contributed by atoms with Gasteiger partial charge in [-0.15, -0.1) is 11.8 Å². The number of rotatable bonds is 0. The Morgan fingerprint density at radius 3 is 2.77 bits per heavy atom. The average Bonchev–Trinajstić information content (AvgIpc) is 2.02. The van der Waals surface area contributed by atoms with Crippen LogP contribution in [0.15, 0.2) is 29.2 Å². The lowest BCUT2D eigenvalue weighted by Crippen LogP contribution is -2.44. The molecule has 0 aliphatic carbocycles. The van der Waals surface area contributed by atoms with E-state index in [1.165, 1.54) is 10.5 Å². The molecule has 70 valence electrons. The maximum absolute atomic E-state index is 3.57. The summed E-state index contributed by atoms with van der Waals surface area (Å²) in [6, 6.07) is 8.64. The molecule has 1 N–H and O–H groups in total. The Morgan fingerprint density at radius 1 is 1.31 bits per heavy atom. The summed E-state index contributed by atoms with van der Waals surface area (Å²) >= 11 is 1.90. The van der Waals surface area contributed by atoms with E-state index in [1.807, 2.05) is 11.8 Å². The number of nitrogens with one attached hydrogen (secondary N) is 1. The number of benzene rings is 1. The maximum Gasteiger partial charge on any atom is 0.0557 e. The van der Waals surface area contributed by atoms with Gasteiger partial charge in [0, 0.05) is 10.4 Å². The van der Waals surface area contributed by atoms with Crippen molar-refractivity contribution >= 4 is 11.8 Å². The van der Waals surface area contributed by atoms with Gasteiger partial charge in [-0.2, -0.15) is 0 Å². The molecule has 1 unspecified atom stereocenters. The first-order chi connectivity index (χ1) is 6.09. The molecular formula is C11H15NS. The molecule has 0 saturated carbocycles. The normalized spacial score (nSPS) is 25.3. The van der Waals surface area contributed by atoms with Crippen molar-refractivity contribution in [3.05, 3.63) is 29.8 Å². The van der Waals surface area contributed by atoms with Crippen LogP contribution < -0.4 is 5.32 Å². The summed E-state index contributed by atoms with van der Waals surface area (Å²) in [5, 5.41) is 4.08. The SMILES string of the molecule is CC1NC(C)(C)c2ccccc2S1. The van der Waals surface area contributed by atoms with Gasteiger partial charge in [0.2, 0.25) is 0 Å². The Bertz CT molecular complexity index is 320. The van der Waals surface area contributed by atoms with E-state index in [0.29, 0.717) is 5.37 Å². The summed E-state index contributed by atoms with van der Waals surface area (Å²) in [4.78, 5) is 1.42. The van der Waals surface area contributed by atoms with Crippen molar-refractivity contribution in [3.63, 3.8) is 0 Å². The molecule has 1 aliphatic rings. The number of hydrogen-bond acceptors (Lipinski definition) is 2. The smallest absolute Gasteiger partial charge is 0.0557 e. The molecule has 0 radical (unpaired) electrons. The van der Waals surface area contributed by atoms with Gasteiger partial charge in [-0.25, -0.2) is 0 Å². The topological polar surface area (TPSA) is 12.0 Å². The maximum atomic E-state index is 3.57. The first-order valence-electron chi connectivity index (χ1n) is 4.63. The van der Waals surface area contributed by atoms with Gasteiger partial charge in [-0.1, -0.05) is 18.2 Å². The van der Waals surface area contributed by atoms with Gasteiger partial charge in [-0.05, 0) is 32.4 Å². The van der Waals surface area contributed by atoms with Crippen LogP contribution in [0.4, 0.5) is 0 Å². The van der Waals surface area contributed by atoms with Crippen molar-refractivity contribution in [1.29, 1.82) is 0 Å². The van der Waals surface area contributed by atoms with Crippen molar-refractivity contribution in [3.8, 4) is 0 Å². The summed E-state index contributed by atoms with van der Waals surface area (Å²) in [6.45, 7) is 6.69. The van der Waals surface area contributed by atoms with E-state index >= 15 is 0 Å². The Kier molecular flexibility index (Phi) is 2.12. The third kappa shape index (κ3) is 1.61. The predicted octanol–water partition coefficient (Wildman–Crippen LogP) is 2.96. The molecule has 2 rings (SSSR count). The number of hydrogen-bond donors (Lipinski definition) is 1. The van der Waals surface area contributed by atoms with Crippen molar-refractivity contribution < 1.29 is 0 Å². The lowest BCUT2D eigenvalue weighted by Gasteiger charge is -2.37. The lowest BCUT2D eigenvalue weighted by atomic mass is 9.94. The fourth-order valence-corrected chi connectivity index (χ4v) is 3.23. The quantitative estimate of drug-likeness (QED) is 0.680. The van der Waals surface area contributed by atoms with Crippen molar-refractivity contribution in [2.24, 2.45) is 0 Å². The van der Waals surface area contributed by atoms with Crippen LogP contribution in [-0.2, 0) is 5.54 Å². The highest BCUT2D eigenvalue weighted by Crippen LogP contribution is 2.38. The van der Waals surface area contributed by atoms with Crippen molar-refractivity contribution in [2.75, 3.05) is 0 Å². The Labute approximate surface area is 83.9 Å². The summed E-state index contributed by atoms with van der Waals surface area (Å²) in [6.07, 6.45) is 0. The van der Waals surface area contributed by atoms with Gasteiger partial charge in [-0.3, -0.25) is 5.32 Å². The van der Waals surface area contributed by atoms with Gasteiger partial charge in [0.15, 0.2) is 0 Å². The Hall–Kier alpha value is -0.470. The van der Waals surface area contributed by atoms with E-state index in [9.17, 15) is 0 Å². The molecule has 1 aromatic carbocycles.